The highest BCUT2D eigenvalue weighted by Crippen LogP contribution is 2.18. The van der Waals surface area contributed by atoms with Gasteiger partial charge in [0.15, 0.2) is 0 Å². The van der Waals surface area contributed by atoms with Crippen LogP contribution in [-0.4, -0.2) is 27.8 Å². The van der Waals surface area contributed by atoms with Gasteiger partial charge in [-0.1, -0.05) is 0 Å². The lowest BCUT2D eigenvalue weighted by Gasteiger charge is -2.15. The van der Waals surface area contributed by atoms with Crippen LogP contribution in [0.3, 0.4) is 0 Å². The number of carbonyl (C=O) groups excluding carboxylic acids is 1. The Morgan fingerprint density at radius 2 is 2.22 bits per heavy atom. The zero-order valence-corrected chi connectivity index (χ0v) is 13.1. The minimum atomic E-state index is -0.699. The molecule has 0 bridgehead atoms. The van der Waals surface area contributed by atoms with Crippen LogP contribution in [0.25, 0.3) is 0 Å². The van der Waals surface area contributed by atoms with Crippen LogP contribution >= 0.6 is 0 Å². The number of hydrogen-bond acceptors (Lipinski definition) is 5. The third kappa shape index (κ3) is 3.08. The summed E-state index contributed by atoms with van der Waals surface area (Å²) in [6.07, 6.45) is 4.25. The van der Waals surface area contributed by atoms with Gasteiger partial charge >= 0.3 is 0 Å². The smallest absolute Gasteiger partial charge is 0.267 e. The molecule has 1 amide bonds. The molecule has 1 aliphatic carbocycles. The summed E-state index contributed by atoms with van der Waals surface area (Å²) >= 11 is 0. The van der Waals surface area contributed by atoms with E-state index in [4.69, 9.17) is 4.74 Å². The first-order chi connectivity index (χ1) is 11.1. The summed E-state index contributed by atoms with van der Waals surface area (Å²) in [6, 6.07) is 4.24. The molecule has 7 nitrogen and oxygen atoms in total. The Morgan fingerprint density at radius 1 is 1.39 bits per heavy atom. The second kappa shape index (κ2) is 6.20. The number of nitrogens with one attached hydrogen (secondary N) is 1. The van der Waals surface area contributed by atoms with Crippen molar-refractivity contribution in [2.24, 2.45) is 0 Å². The normalized spacial score (nSPS) is 14.2. The average molecular weight is 314 g/mol. The van der Waals surface area contributed by atoms with Gasteiger partial charge in [-0.3, -0.25) is 9.59 Å². The molecule has 2 aromatic rings. The number of pyridine rings is 1. The van der Waals surface area contributed by atoms with E-state index in [1.54, 1.807) is 25.1 Å². The molecule has 1 aliphatic rings. The van der Waals surface area contributed by atoms with Gasteiger partial charge in [-0.15, -0.1) is 0 Å². The molecule has 1 N–H and O–H groups in total. The number of aryl methyl sites for hydroxylation is 2. The van der Waals surface area contributed by atoms with Crippen molar-refractivity contribution in [1.29, 1.82) is 0 Å². The quantitative estimate of drug-likeness (QED) is 0.920. The fraction of sp³-hybridized carbons (Fsp3) is 0.375. The molecule has 1 atom stereocenters. The van der Waals surface area contributed by atoms with Crippen LogP contribution < -0.4 is 15.6 Å². The minimum Gasteiger partial charge on any atom is -0.481 e. The predicted molar refractivity (Wildman–Crippen MR) is 84.7 cm³/mol. The van der Waals surface area contributed by atoms with Crippen molar-refractivity contribution in [2.45, 2.75) is 32.2 Å². The van der Waals surface area contributed by atoms with E-state index in [0.717, 1.165) is 30.5 Å². The van der Waals surface area contributed by atoms with Gasteiger partial charge in [0.1, 0.15) is 6.04 Å². The zero-order chi connectivity index (χ0) is 16.4. The molecule has 0 aromatic carbocycles. The second-order valence-electron chi connectivity index (χ2n) is 5.51. The lowest BCUT2D eigenvalue weighted by atomic mass is 10.2. The molecule has 0 saturated carbocycles. The summed E-state index contributed by atoms with van der Waals surface area (Å²) in [5.41, 5.74) is 2.20. The summed E-state index contributed by atoms with van der Waals surface area (Å²) in [6.45, 7) is 1.65. The standard InChI is InChI=1S/C16H18N4O3/c1-10(16(22)18-12-6-7-14(23-2)17-9-12)20-15(21)8-11-4-3-5-13(11)19-20/h6-10H,3-5H2,1-2H3,(H,18,22). The number of rotatable bonds is 4. The SMILES string of the molecule is COc1ccc(NC(=O)C(C)n2nc3c(cc2=O)CCC3)cn1. The molecule has 0 fully saturated rings. The maximum Gasteiger partial charge on any atom is 0.267 e. The second-order valence-corrected chi connectivity index (χ2v) is 5.51. The Morgan fingerprint density at radius 3 is 2.91 bits per heavy atom. The summed E-state index contributed by atoms with van der Waals surface area (Å²) < 4.78 is 6.22. The monoisotopic (exact) mass is 314 g/mol. The van der Waals surface area contributed by atoms with Gasteiger partial charge in [0, 0.05) is 12.1 Å². The van der Waals surface area contributed by atoms with Crippen LogP contribution in [0.4, 0.5) is 5.69 Å². The zero-order valence-electron chi connectivity index (χ0n) is 13.1. The third-order valence-electron chi connectivity index (χ3n) is 3.94. The van der Waals surface area contributed by atoms with E-state index >= 15 is 0 Å². The van der Waals surface area contributed by atoms with Crippen molar-refractivity contribution < 1.29 is 9.53 Å². The molecule has 0 saturated heterocycles. The number of fused-ring (bicyclic) bond motifs is 1. The first kappa shape index (κ1) is 15.2. The van der Waals surface area contributed by atoms with Crippen LogP contribution in [0, 0.1) is 0 Å². The van der Waals surface area contributed by atoms with Crippen LogP contribution in [0.1, 0.15) is 30.6 Å². The van der Waals surface area contributed by atoms with E-state index in [1.807, 2.05) is 0 Å². The van der Waals surface area contributed by atoms with E-state index in [0.29, 0.717) is 11.6 Å². The van der Waals surface area contributed by atoms with Crippen molar-refractivity contribution in [3.63, 3.8) is 0 Å². The summed E-state index contributed by atoms with van der Waals surface area (Å²) in [4.78, 5) is 28.5. The van der Waals surface area contributed by atoms with Gasteiger partial charge in [0.05, 0.1) is 24.7 Å². The van der Waals surface area contributed by atoms with Gasteiger partial charge in [-0.05, 0) is 37.8 Å². The number of nitrogens with zero attached hydrogens (tertiary/aromatic N) is 3. The van der Waals surface area contributed by atoms with Crippen LogP contribution in [0.2, 0.25) is 0 Å². The fourth-order valence-corrected chi connectivity index (χ4v) is 2.63. The first-order valence-electron chi connectivity index (χ1n) is 7.51. The van der Waals surface area contributed by atoms with Crippen LogP contribution in [0.5, 0.6) is 5.88 Å². The van der Waals surface area contributed by atoms with Crippen molar-refractivity contribution >= 4 is 11.6 Å². The third-order valence-corrected chi connectivity index (χ3v) is 3.94. The summed E-state index contributed by atoms with van der Waals surface area (Å²) in [5.74, 6) is 0.150. The Bertz CT molecular complexity index is 783. The average Bonchev–Trinajstić information content (AvgIpc) is 3.01. The van der Waals surface area contributed by atoms with Crippen molar-refractivity contribution in [3.8, 4) is 5.88 Å². The van der Waals surface area contributed by atoms with Crippen molar-refractivity contribution in [2.75, 3.05) is 12.4 Å². The van der Waals surface area contributed by atoms with E-state index in [9.17, 15) is 9.59 Å². The maximum absolute atomic E-state index is 12.3. The molecule has 120 valence electrons. The van der Waals surface area contributed by atoms with Gasteiger partial charge in [-0.25, -0.2) is 9.67 Å². The van der Waals surface area contributed by atoms with E-state index in [1.165, 1.54) is 18.0 Å². The largest absolute Gasteiger partial charge is 0.481 e. The summed E-state index contributed by atoms with van der Waals surface area (Å²) in [5, 5.41) is 7.08. The highest BCUT2D eigenvalue weighted by atomic mass is 16.5. The Hall–Kier alpha value is -2.70. The molecule has 0 aliphatic heterocycles. The molecule has 0 radical (unpaired) electrons. The van der Waals surface area contributed by atoms with Crippen molar-refractivity contribution in [3.05, 3.63) is 46.0 Å². The van der Waals surface area contributed by atoms with Crippen LogP contribution in [-0.2, 0) is 17.6 Å². The van der Waals surface area contributed by atoms with Gasteiger partial charge in [-0.2, -0.15) is 5.10 Å². The van der Waals surface area contributed by atoms with Gasteiger partial charge < -0.3 is 10.1 Å². The summed E-state index contributed by atoms with van der Waals surface area (Å²) in [7, 11) is 1.52. The Balaban J connectivity index is 1.78. The fourth-order valence-electron chi connectivity index (χ4n) is 2.63. The maximum atomic E-state index is 12.3. The lowest BCUT2D eigenvalue weighted by Crippen LogP contribution is -2.34. The van der Waals surface area contributed by atoms with E-state index < -0.39 is 6.04 Å². The Kier molecular flexibility index (Phi) is 4.10. The first-order valence-corrected chi connectivity index (χ1v) is 7.51. The van der Waals surface area contributed by atoms with E-state index in [-0.39, 0.29) is 11.5 Å². The number of methoxy groups -OCH3 is 1. The topological polar surface area (TPSA) is 86.1 Å². The molecule has 3 rings (SSSR count). The van der Waals surface area contributed by atoms with Crippen LogP contribution in [0.15, 0.2) is 29.2 Å². The molecular formula is C16H18N4O3. The number of hydrogen-bond donors (Lipinski definition) is 1. The van der Waals surface area contributed by atoms with Gasteiger partial charge in [0.2, 0.25) is 11.8 Å². The molecule has 2 aromatic heterocycles. The number of carbonyl (C=O) groups is 1. The molecule has 1 unspecified atom stereocenters. The van der Waals surface area contributed by atoms with Crippen molar-refractivity contribution in [1.82, 2.24) is 14.8 Å². The Labute approximate surface area is 133 Å². The van der Waals surface area contributed by atoms with Gasteiger partial charge in [0.25, 0.3) is 5.56 Å². The number of ether oxygens (including phenoxy) is 1. The lowest BCUT2D eigenvalue weighted by molar-refractivity contribution is -0.119. The molecular weight excluding hydrogens is 296 g/mol. The number of amides is 1. The highest BCUT2D eigenvalue weighted by Gasteiger charge is 2.21. The number of aromatic nitrogens is 3. The predicted octanol–water partition coefficient (Wildman–Crippen LogP) is 1.34. The molecule has 23 heavy (non-hydrogen) atoms. The minimum absolute atomic E-state index is 0.249. The number of anilines is 1. The molecule has 2 heterocycles. The van der Waals surface area contributed by atoms with E-state index in [2.05, 4.69) is 15.4 Å². The highest BCUT2D eigenvalue weighted by molar-refractivity contribution is 5.93. The molecule has 0 spiro atoms. The molecule has 7 heteroatoms.